The van der Waals surface area contributed by atoms with E-state index >= 15 is 0 Å². The summed E-state index contributed by atoms with van der Waals surface area (Å²) in [5.74, 6) is -1.07. The SMILES string of the molecule is COC(=O)[C@@H]1C[C@H](O)CN1C(=O)[C@H](Cc1ccccc1)NC(=O)OC(C)(C)C. The summed E-state index contributed by atoms with van der Waals surface area (Å²) in [5.41, 5.74) is 0.120. The molecule has 28 heavy (non-hydrogen) atoms. The maximum atomic E-state index is 13.2. The lowest BCUT2D eigenvalue weighted by Gasteiger charge is -2.29. The molecule has 0 radical (unpaired) electrons. The van der Waals surface area contributed by atoms with Crippen LogP contribution in [0.25, 0.3) is 0 Å². The molecule has 0 unspecified atom stereocenters. The summed E-state index contributed by atoms with van der Waals surface area (Å²) in [4.78, 5) is 38.7. The van der Waals surface area contributed by atoms with Gasteiger partial charge in [0.1, 0.15) is 17.7 Å². The van der Waals surface area contributed by atoms with E-state index in [1.807, 2.05) is 30.3 Å². The molecule has 3 atom stereocenters. The zero-order chi connectivity index (χ0) is 20.9. The van der Waals surface area contributed by atoms with E-state index in [1.54, 1.807) is 20.8 Å². The number of rotatable bonds is 5. The third kappa shape index (κ3) is 5.95. The van der Waals surface area contributed by atoms with Crippen LogP contribution in [0, 0.1) is 0 Å². The van der Waals surface area contributed by atoms with Crippen molar-refractivity contribution in [3.63, 3.8) is 0 Å². The Morgan fingerprint density at radius 1 is 1.25 bits per heavy atom. The molecular formula is C20H28N2O6. The molecule has 1 aromatic rings. The van der Waals surface area contributed by atoms with Crippen LogP contribution in [-0.4, -0.2) is 65.4 Å². The van der Waals surface area contributed by atoms with Crippen LogP contribution in [0.4, 0.5) is 4.79 Å². The van der Waals surface area contributed by atoms with Crippen LogP contribution in [0.5, 0.6) is 0 Å². The second kappa shape index (κ2) is 9.05. The second-order valence-electron chi connectivity index (χ2n) is 7.81. The molecule has 0 aliphatic carbocycles. The number of β-amino-alcohol motifs (C(OH)–C–C–N with tert-alkyl or cyclic N) is 1. The van der Waals surface area contributed by atoms with E-state index in [9.17, 15) is 19.5 Å². The molecule has 1 saturated heterocycles. The number of ether oxygens (including phenoxy) is 2. The van der Waals surface area contributed by atoms with Crippen molar-refractivity contribution in [1.29, 1.82) is 0 Å². The molecule has 0 bridgehead atoms. The number of nitrogens with zero attached hydrogens (tertiary/aromatic N) is 1. The minimum absolute atomic E-state index is 0.000111. The van der Waals surface area contributed by atoms with E-state index in [0.29, 0.717) is 0 Å². The molecule has 8 heteroatoms. The van der Waals surface area contributed by atoms with Gasteiger partial charge in [0.15, 0.2) is 0 Å². The topological polar surface area (TPSA) is 105 Å². The number of carbonyl (C=O) groups is 3. The first-order chi connectivity index (χ1) is 13.1. The lowest BCUT2D eigenvalue weighted by atomic mass is 10.0. The fraction of sp³-hybridized carbons (Fsp3) is 0.550. The monoisotopic (exact) mass is 392 g/mol. The van der Waals surface area contributed by atoms with Gasteiger partial charge >= 0.3 is 12.1 Å². The van der Waals surface area contributed by atoms with Crippen molar-refractivity contribution in [2.24, 2.45) is 0 Å². The number of nitrogens with one attached hydrogen (secondary N) is 1. The summed E-state index contributed by atoms with van der Waals surface area (Å²) in [6.45, 7) is 5.18. The minimum Gasteiger partial charge on any atom is -0.467 e. The molecule has 1 aliphatic rings. The smallest absolute Gasteiger partial charge is 0.408 e. The number of hydrogen-bond donors (Lipinski definition) is 2. The standard InChI is InChI=1S/C20H28N2O6/c1-20(2,3)28-19(26)21-15(10-13-8-6-5-7-9-13)17(24)22-12-14(23)11-16(22)18(25)27-4/h5-9,14-16,23H,10-12H2,1-4H3,(H,21,26)/t14-,15-,16-/m0/s1. The van der Waals surface area contributed by atoms with Crippen molar-refractivity contribution in [3.8, 4) is 0 Å². The molecule has 1 fully saturated rings. The molecule has 0 aromatic heterocycles. The number of carbonyl (C=O) groups excluding carboxylic acids is 3. The lowest BCUT2D eigenvalue weighted by molar-refractivity contribution is -0.151. The molecule has 0 spiro atoms. The van der Waals surface area contributed by atoms with Gasteiger partial charge in [0.25, 0.3) is 0 Å². The molecule has 2 amide bonds. The molecule has 1 aromatic carbocycles. The van der Waals surface area contributed by atoms with Crippen LogP contribution < -0.4 is 5.32 Å². The molecule has 8 nitrogen and oxygen atoms in total. The van der Waals surface area contributed by atoms with E-state index in [2.05, 4.69) is 5.32 Å². The highest BCUT2D eigenvalue weighted by atomic mass is 16.6. The van der Waals surface area contributed by atoms with Gasteiger partial charge in [0.05, 0.1) is 13.2 Å². The zero-order valence-electron chi connectivity index (χ0n) is 16.7. The van der Waals surface area contributed by atoms with Gasteiger partial charge in [0, 0.05) is 19.4 Å². The average Bonchev–Trinajstić information content (AvgIpc) is 3.01. The molecule has 154 valence electrons. The third-order valence-corrected chi connectivity index (χ3v) is 4.31. The van der Waals surface area contributed by atoms with Crippen molar-refractivity contribution < 1.29 is 29.0 Å². The average molecular weight is 392 g/mol. The summed E-state index contributed by atoms with van der Waals surface area (Å²) in [5, 5.41) is 12.6. The highest BCUT2D eigenvalue weighted by Gasteiger charge is 2.42. The van der Waals surface area contributed by atoms with Gasteiger partial charge in [-0.05, 0) is 26.3 Å². The van der Waals surface area contributed by atoms with E-state index < -0.39 is 41.8 Å². The quantitative estimate of drug-likeness (QED) is 0.731. The fourth-order valence-electron chi connectivity index (χ4n) is 3.12. The van der Waals surface area contributed by atoms with Crippen LogP contribution in [0.3, 0.4) is 0 Å². The first kappa shape index (κ1) is 21.7. The maximum Gasteiger partial charge on any atom is 0.408 e. The predicted octanol–water partition coefficient (Wildman–Crippen LogP) is 1.26. The highest BCUT2D eigenvalue weighted by molar-refractivity contribution is 5.90. The fourth-order valence-corrected chi connectivity index (χ4v) is 3.12. The first-order valence-electron chi connectivity index (χ1n) is 9.20. The Morgan fingerprint density at radius 2 is 1.89 bits per heavy atom. The Labute approximate surface area is 164 Å². The summed E-state index contributed by atoms with van der Waals surface area (Å²) < 4.78 is 10.0. The number of hydrogen-bond acceptors (Lipinski definition) is 6. The van der Waals surface area contributed by atoms with Crippen LogP contribution in [0.15, 0.2) is 30.3 Å². The molecular weight excluding hydrogens is 364 g/mol. The van der Waals surface area contributed by atoms with Gasteiger partial charge in [-0.15, -0.1) is 0 Å². The van der Waals surface area contributed by atoms with Crippen molar-refractivity contribution in [3.05, 3.63) is 35.9 Å². The van der Waals surface area contributed by atoms with E-state index in [-0.39, 0.29) is 19.4 Å². The Hall–Kier alpha value is -2.61. The summed E-state index contributed by atoms with van der Waals surface area (Å²) in [7, 11) is 1.23. The lowest BCUT2D eigenvalue weighted by Crippen LogP contribution is -2.53. The Kier molecular flexibility index (Phi) is 7.01. The van der Waals surface area contributed by atoms with Gasteiger partial charge in [-0.25, -0.2) is 9.59 Å². The normalized spacial score (nSPS) is 20.4. The van der Waals surface area contributed by atoms with Crippen molar-refractivity contribution >= 4 is 18.0 Å². The number of aliphatic hydroxyl groups is 1. The number of methoxy groups -OCH3 is 1. The van der Waals surface area contributed by atoms with Crippen molar-refractivity contribution in [2.75, 3.05) is 13.7 Å². The van der Waals surface area contributed by atoms with E-state index in [1.165, 1.54) is 12.0 Å². The van der Waals surface area contributed by atoms with E-state index in [4.69, 9.17) is 9.47 Å². The maximum absolute atomic E-state index is 13.2. The Morgan fingerprint density at radius 3 is 2.46 bits per heavy atom. The van der Waals surface area contributed by atoms with Crippen LogP contribution in [-0.2, 0) is 25.5 Å². The largest absolute Gasteiger partial charge is 0.467 e. The second-order valence-corrected chi connectivity index (χ2v) is 7.81. The summed E-state index contributed by atoms with van der Waals surface area (Å²) in [6, 6.07) is 7.37. The first-order valence-corrected chi connectivity index (χ1v) is 9.20. The van der Waals surface area contributed by atoms with Crippen LogP contribution >= 0.6 is 0 Å². The number of likely N-dealkylation sites (tertiary alicyclic amines) is 1. The van der Waals surface area contributed by atoms with Gasteiger partial charge in [-0.3, -0.25) is 4.79 Å². The Balaban J connectivity index is 2.22. The van der Waals surface area contributed by atoms with E-state index in [0.717, 1.165) is 5.56 Å². The van der Waals surface area contributed by atoms with Gasteiger partial charge in [-0.2, -0.15) is 0 Å². The van der Waals surface area contributed by atoms with Gasteiger partial charge < -0.3 is 24.8 Å². The van der Waals surface area contributed by atoms with Gasteiger partial charge in [0.2, 0.25) is 5.91 Å². The number of benzene rings is 1. The third-order valence-electron chi connectivity index (χ3n) is 4.31. The summed E-state index contributed by atoms with van der Waals surface area (Å²) >= 11 is 0. The molecule has 2 rings (SSSR count). The molecule has 2 N–H and O–H groups in total. The van der Waals surface area contributed by atoms with Crippen LogP contribution in [0.2, 0.25) is 0 Å². The predicted molar refractivity (Wildman–Crippen MR) is 101 cm³/mol. The molecule has 1 aliphatic heterocycles. The minimum atomic E-state index is -0.949. The zero-order valence-corrected chi connectivity index (χ0v) is 16.7. The number of alkyl carbamates (subject to hydrolysis) is 1. The Bertz CT molecular complexity index is 700. The van der Waals surface area contributed by atoms with Gasteiger partial charge in [-0.1, -0.05) is 30.3 Å². The van der Waals surface area contributed by atoms with Crippen molar-refractivity contribution in [1.82, 2.24) is 10.2 Å². The molecule has 0 saturated carbocycles. The number of esters is 1. The van der Waals surface area contributed by atoms with Crippen LogP contribution in [0.1, 0.15) is 32.8 Å². The number of aliphatic hydroxyl groups excluding tert-OH is 1. The highest BCUT2D eigenvalue weighted by Crippen LogP contribution is 2.21. The molecule has 1 heterocycles. The number of amides is 2. The van der Waals surface area contributed by atoms with Crippen molar-refractivity contribution in [2.45, 2.75) is 57.4 Å². The summed E-state index contributed by atoms with van der Waals surface area (Å²) in [6.07, 6.45) is -1.23.